The Balaban J connectivity index is 1.73. The topological polar surface area (TPSA) is 20.3 Å². The van der Waals surface area contributed by atoms with E-state index >= 15 is 0 Å². The molecule has 2 aromatic carbocycles. The minimum Gasteiger partial charge on any atom is -0.309 e. The van der Waals surface area contributed by atoms with Gasteiger partial charge in [-0.05, 0) is 55.5 Å². The molecule has 0 spiro atoms. The first-order valence-electron chi connectivity index (χ1n) is 7.79. The summed E-state index contributed by atoms with van der Waals surface area (Å²) in [5.41, 5.74) is 3.29. The lowest BCUT2D eigenvalue weighted by Gasteiger charge is -2.35. The number of para-hydroxylation sites is 1. The van der Waals surface area contributed by atoms with Gasteiger partial charge in [0.15, 0.2) is 0 Å². The number of rotatable bonds is 3. The minimum atomic E-state index is -0.242. The second-order valence-electron chi connectivity index (χ2n) is 5.91. The fraction of sp³-hybridized carbons (Fsp3) is 0.316. The molecule has 1 atom stereocenters. The van der Waals surface area contributed by atoms with Crippen molar-refractivity contribution in [1.82, 2.24) is 0 Å². The van der Waals surface area contributed by atoms with Crippen LogP contribution in [0.2, 0.25) is 0 Å². The molecule has 0 saturated heterocycles. The number of halogens is 1. The van der Waals surface area contributed by atoms with Crippen LogP contribution in [0.4, 0.5) is 10.1 Å². The summed E-state index contributed by atoms with van der Waals surface area (Å²) in [6.07, 6.45) is 3.12. The number of aryl methyl sites for hydroxylation is 2. The molecule has 1 aliphatic heterocycles. The van der Waals surface area contributed by atoms with E-state index in [1.54, 1.807) is 12.1 Å². The number of amides is 1. The van der Waals surface area contributed by atoms with Crippen molar-refractivity contribution in [2.75, 3.05) is 4.90 Å². The van der Waals surface area contributed by atoms with E-state index in [0.29, 0.717) is 12.8 Å². The summed E-state index contributed by atoms with van der Waals surface area (Å²) in [6.45, 7) is 2.10. The summed E-state index contributed by atoms with van der Waals surface area (Å²) >= 11 is 0. The maximum absolute atomic E-state index is 12.9. The van der Waals surface area contributed by atoms with Crippen LogP contribution in [0.15, 0.2) is 48.5 Å². The summed E-state index contributed by atoms with van der Waals surface area (Å²) < 4.78 is 12.9. The molecule has 3 rings (SSSR count). The molecule has 0 N–H and O–H groups in total. The van der Waals surface area contributed by atoms with Crippen LogP contribution in [0.1, 0.15) is 30.9 Å². The predicted octanol–water partition coefficient (Wildman–Crippen LogP) is 4.13. The SMILES string of the molecule is CC1CCc2ccccc2N1C(=O)CCc1ccc(F)cc1. The molecule has 1 heterocycles. The van der Waals surface area contributed by atoms with Gasteiger partial charge in [0.1, 0.15) is 5.82 Å². The lowest BCUT2D eigenvalue weighted by atomic mass is 9.96. The summed E-state index contributed by atoms with van der Waals surface area (Å²) in [6, 6.07) is 14.7. The van der Waals surface area contributed by atoms with Crippen molar-refractivity contribution in [2.45, 2.75) is 38.6 Å². The minimum absolute atomic E-state index is 0.143. The molecular formula is C19H20FNO. The zero-order chi connectivity index (χ0) is 15.5. The summed E-state index contributed by atoms with van der Waals surface area (Å²) in [7, 11) is 0. The molecule has 114 valence electrons. The molecular weight excluding hydrogens is 277 g/mol. The fourth-order valence-electron chi connectivity index (χ4n) is 3.09. The molecule has 2 nitrogen and oxygen atoms in total. The molecule has 1 amide bonds. The maximum Gasteiger partial charge on any atom is 0.227 e. The van der Waals surface area contributed by atoms with E-state index < -0.39 is 0 Å². The number of anilines is 1. The van der Waals surface area contributed by atoms with Crippen LogP contribution < -0.4 is 4.90 Å². The Morgan fingerprint density at radius 3 is 2.68 bits per heavy atom. The van der Waals surface area contributed by atoms with Gasteiger partial charge in [-0.1, -0.05) is 30.3 Å². The van der Waals surface area contributed by atoms with Crippen LogP contribution in [0.25, 0.3) is 0 Å². The first-order valence-corrected chi connectivity index (χ1v) is 7.79. The predicted molar refractivity (Wildman–Crippen MR) is 86.4 cm³/mol. The number of fused-ring (bicyclic) bond motifs is 1. The molecule has 22 heavy (non-hydrogen) atoms. The highest BCUT2D eigenvalue weighted by molar-refractivity contribution is 5.95. The van der Waals surface area contributed by atoms with Crippen LogP contribution >= 0.6 is 0 Å². The Bertz CT molecular complexity index is 665. The molecule has 0 saturated carbocycles. The van der Waals surface area contributed by atoms with Gasteiger partial charge in [-0.3, -0.25) is 4.79 Å². The Morgan fingerprint density at radius 1 is 1.18 bits per heavy atom. The van der Waals surface area contributed by atoms with Crippen molar-refractivity contribution in [1.29, 1.82) is 0 Å². The van der Waals surface area contributed by atoms with Gasteiger partial charge in [0, 0.05) is 18.2 Å². The summed E-state index contributed by atoms with van der Waals surface area (Å²) in [5.74, 6) is -0.0994. The van der Waals surface area contributed by atoms with Crippen molar-refractivity contribution in [3.8, 4) is 0 Å². The van der Waals surface area contributed by atoms with Gasteiger partial charge in [0.05, 0.1) is 0 Å². The second-order valence-corrected chi connectivity index (χ2v) is 5.91. The molecule has 0 radical (unpaired) electrons. The van der Waals surface area contributed by atoms with E-state index in [9.17, 15) is 9.18 Å². The average Bonchev–Trinajstić information content (AvgIpc) is 2.54. The number of carbonyl (C=O) groups excluding carboxylic acids is 1. The van der Waals surface area contributed by atoms with Crippen LogP contribution in [0.3, 0.4) is 0 Å². The largest absolute Gasteiger partial charge is 0.309 e. The van der Waals surface area contributed by atoms with Crippen molar-refractivity contribution in [3.05, 3.63) is 65.5 Å². The fourth-order valence-corrected chi connectivity index (χ4v) is 3.09. The first kappa shape index (κ1) is 14.8. The van der Waals surface area contributed by atoms with Gasteiger partial charge < -0.3 is 4.90 Å². The molecule has 2 aromatic rings. The molecule has 0 fully saturated rings. The third kappa shape index (κ3) is 3.03. The van der Waals surface area contributed by atoms with Crippen LogP contribution in [-0.4, -0.2) is 11.9 Å². The van der Waals surface area contributed by atoms with Gasteiger partial charge in [0.25, 0.3) is 0 Å². The van der Waals surface area contributed by atoms with Gasteiger partial charge in [-0.2, -0.15) is 0 Å². The standard InChI is InChI=1S/C19H20FNO/c1-14-6-10-16-4-2-3-5-18(16)21(14)19(22)13-9-15-7-11-17(20)12-8-15/h2-5,7-8,11-12,14H,6,9-10,13H2,1H3. The number of benzene rings is 2. The Kier molecular flexibility index (Phi) is 4.23. The van der Waals surface area contributed by atoms with Crippen LogP contribution in [0.5, 0.6) is 0 Å². The maximum atomic E-state index is 12.9. The lowest BCUT2D eigenvalue weighted by molar-refractivity contribution is -0.119. The quantitative estimate of drug-likeness (QED) is 0.834. The van der Waals surface area contributed by atoms with E-state index in [-0.39, 0.29) is 17.8 Å². The van der Waals surface area contributed by atoms with E-state index in [0.717, 1.165) is 24.1 Å². The third-order valence-electron chi connectivity index (χ3n) is 4.33. The lowest BCUT2D eigenvalue weighted by Crippen LogP contribution is -2.42. The second kappa shape index (κ2) is 6.30. The van der Waals surface area contributed by atoms with E-state index in [4.69, 9.17) is 0 Å². The first-order chi connectivity index (χ1) is 10.6. The highest BCUT2D eigenvalue weighted by Crippen LogP contribution is 2.31. The van der Waals surface area contributed by atoms with Crippen molar-refractivity contribution >= 4 is 11.6 Å². The zero-order valence-electron chi connectivity index (χ0n) is 12.8. The summed E-state index contributed by atoms with van der Waals surface area (Å²) in [5, 5.41) is 0. The van der Waals surface area contributed by atoms with Crippen LogP contribution in [-0.2, 0) is 17.6 Å². The smallest absolute Gasteiger partial charge is 0.227 e. The van der Waals surface area contributed by atoms with Crippen LogP contribution in [0, 0.1) is 5.82 Å². The van der Waals surface area contributed by atoms with Crippen molar-refractivity contribution < 1.29 is 9.18 Å². The molecule has 0 aliphatic carbocycles. The molecule has 3 heteroatoms. The molecule has 0 aromatic heterocycles. The van der Waals surface area contributed by atoms with Crippen molar-refractivity contribution in [2.24, 2.45) is 0 Å². The monoisotopic (exact) mass is 297 g/mol. The highest BCUT2D eigenvalue weighted by Gasteiger charge is 2.27. The molecule has 0 bridgehead atoms. The highest BCUT2D eigenvalue weighted by atomic mass is 19.1. The van der Waals surface area contributed by atoms with E-state index in [2.05, 4.69) is 13.0 Å². The normalized spacial score (nSPS) is 17.2. The van der Waals surface area contributed by atoms with Gasteiger partial charge in [0.2, 0.25) is 5.91 Å². The average molecular weight is 297 g/mol. The van der Waals surface area contributed by atoms with E-state index in [1.165, 1.54) is 17.7 Å². The molecule has 1 aliphatic rings. The van der Waals surface area contributed by atoms with Gasteiger partial charge in [-0.15, -0.1) is 0 Å². The Morgan fingerprint density at radius 2 is 1.91 bits per heavy atom. The Labute approximate surface area is 130 Å². The van der Waals surface area contributed by atoms with Gasteiger partial charge in [-0.25, -0.2) is 4.39 Å². The van der Waals surface area contributed by atoms with Crippen molar-refractivity contribution in [3.63, 3.8) is 0 Å². The van der Waals surface area contributed by atoms with Gasteiger partial charge >= 0.3 is 0 Å². The summed E-state index contributed by atoms with van der Waals surface area (Å²) in [4.78, 5) is 14.6. The number of nitrogens with zero attached hydrogens (tertiary/aromatic N) is 1. The zero-order valence-corrected chi connectivity index (χ0v) is 12.8. The van der Waals surface area contributed by atoms with E-state index in [1.807, 2.05) is 23.1 Å². The number of hydrogen-bond donors (Lipinski definition) is 0. The number of hydrogen-bond acceptors (Lipinski definition) is 1. The molecule has 1 unspecified atom stereocenters. The Hall–Kier alpha value is -2.16. The number of carbonyl (C=O) groups is 1. The third-order valence-corrected chi connectivity index (χ3v) is 4.33.